The van der Waals surface area contributed by atoms with Gasteiger partial charge in [0.2, 0.25) is 10.0 Å². The predicted molar refractivity (Wildman–Crippen MR) is 107 cm³/mol. The Labute approximate surface area is 165 Å². The largest absolute Gasteiger partial charge is 0.356 e. The van der Waals surface area contributed by atoms with Crippen LogP contribution in [0.4, 0.5) is 5.82 Å². The number of rotatable bonds is 6. The zero-order chi connectivity index (χ0) is 19.7. The molecule has 2 aliphatic heterocycles. The van der Waals surface area contributed by atoms with Gasteiger partial charge >= 0.3 is 0 Å². The molecule has 2 atom stereocenters. The first-order valence-corrected chi connectivity index (χ1v) is 11.4. The molecule has 2 saturated heterocycles. The summed E-state index contributed by atoms with van der Waals surface area (Å²) in [7, 11) is -3.45. The van der Waals surface area contributed by atoms with E-state index in [1.807, 2.05) is 13.8 Å². The summed E-state index contributed by atoms with van der Waals surface area (Å²) in [5.74, 6) is 0.919. The van der Waals surface area contributed by atoms with Crippen molar-refractivity contribution in [2.75, 3.05) is 24.5 Å². The van der Waals surface area contributed by atoms with Crippen LogP contribution in [0.25, 0.3) is 11.0 Å². The smallest absolute Gasteiger partial charge is 0.217 e. The van der Waals surface area contributed by atoms with Gasteiger partial charge in [0, 0.05) is 31.7 Å². The third-order valence-corrected chi connectivity index (χ3v) is 7.72. The molecule has 154 valence electrons. The van der Waals surface area contributed by atoms with Crippen LogP contribution in [0.5, 0.6) is 0 Å². The molecule has 0 spiro atoms. The van der Waals surface area contributed by atoms with E-state index in [4.69, 9.17) is 0 Å². The van der Waals surface area contributed by atoms with Crippen LogP contribution in [0.15, 0.2) is 12.5 Å². The Morgan fingerprint density at radius 1 is 1.14 bits per heavy atom. The summed E-state index contributed by atoms with van der Waals surface area (Å²) in [4.78, 5) is 11.1. The molecule has 4 heterocycles. The molecular formula is C17H28N8O2S. The Bertz CT molecular complexity index is 914. The maximum atomic E-state index is 12.7. The number of hydrogen-bond acceptors (Lipinski definition) is 8. The van der Waals surface area contributed by atoms with Crippen molar-refractivity contribution in [1.82, 2.24) is 35.3 Å². The molecular weight excluding hydrogens is 380 g/mol. The fraction of sp³-hybridized carbons (Fsp3) is 0.706. The molecule has 28 heavy (non-hydrogen) atoms. The first-order chi connectivity index (χ1) is 13.5. The number of anilines is 1. The molecule has 11 heteroatoms. The topological polar surface area (TPSA) is 117 Å². The highest BCUT2D eigenvalue weighted by molar-refractivity contribution is 7.90. The summed E-state index contributed by atoms with van der Waals surface area (Å²) in [6, 6.07) is -0.309. The van der Waals surface area contributed by atoms with Crippen molar-refractivity contribution in [2.24, 2.45) is 0 Å². The van der Waals surface area contributed by atoms with E-state index in [0.717, 1.165) is 29.9 Å². The van der Waals surface area contributed by atoms with Crippen molar-refractivity contribution in [3.05, 3.63) is 12.5 Å². The quantitative estimate of drug-likeness (QED) is 0.611. The average molecular weight is 409 g/mol. The van der Waals surface area contributed by atoms with Gasteiger partial charge in [-0.25, -0.2) is 27.8 Å². The number of fused-ring (bicyclic) bond motifs is 1. The summed E-state index contributed by atoms with van der Waals surface area (Å²) in [5, 5.41) is 4.82. The number of nitrogens with zero attached hydrogens (tertiary/aromatic N) is 5. The Morgan fingerprint density at radius 3 is 2.57 bits per heavy atom. The van der Waals surface area contributed by atoms with Crippen LogP contribution in [0.1, 0.15) is 33.1 Å². The first kappa shape index (κ1) is 19.5. The molecule has 10 nitrogen and oxygen atoms in total. The van der Waals surface area contributed by atoms with Gasteiger partial charge in [0.25, 0.3) is 0 Å². The Hall–Kier alpha value is -1.82. The van der Waals surface area contributed by atoms with Crippen molar-refractivity contribution in [3.63, 3.8) is 0 Å². The van der Waals surface area contributed by atoms with Crippen LogP contribution < -0.4 is 20.5 Å². The maximum Gasteiger partial charge on any atom is 0.217 e. The molecule has 2 aliphatic rings. The number of piperidine rings is 1. The first-order valence-electron chi connectivity index (χ1n) is 9.88. The Kier molecular flexibility index (Phi) is 5.50. The molecule has 0 aromatic carbocycles. The third kappa shape index (κ3) is 3.71. The fourth-order valence-electron chi connectivity index (χ4n) is 4.19. The molecule has 2 fully saturated rings. The van der Waals surface area contributed by atoms with Crippen molar-refractivity contribution in [2.45, 2.75) is 57.0 Å². The SMILES string of the molecule is CC1NNC(C)C1S(=O)(=O)NCCn1ncc2c(N3CCCCC3)ncnc21. The van der Waals surface area contributed by atoms with Crippen molar-refractivity contribution >= 4 is 26.9 Å². The molecule has 4 rings (SSSR count). The van der Waals surface area contributed by atoms with Crippen LogP contribution in [0.3, 0.4) is 0 Å². The zero-order valence-corrected chi connectivity index (χ0v) is 17.1. The minimum atomic E-state index is -3.45. The molecule has 2 aromatic rings. The van der Waals surface area contributed by atoms with Gasteiger partial charge in [-0.2, -0.15) is 5.10 Å². The molecule has 2 unspecified atom stereocenters. The number of nitrogens with one attached hydrogen (secondary N) is 3. The summed E-state index contributed by atoms with van der Waals surface area (Å²) in [6.45, 7) is 6.39. The average Bonchev–Trinajstić information content (AvgIpc) is 3.25. The predicted octanol–water partition coefficient (Wildman–Crippen LogP) is -0.0106. The summed E-state index contributed by atoms with van der Waals surface area (Å²) in [6.07, 6.45) is 6.94. The lowest BCUT2D eigenvalue weighted by molar-refractivity contribution is 0.534. The highest BCUT2D eigenvalue weighted by Crippen LogP contribution is 2.25. The molecule has 0 bridgehead atoms. The van der Waals surface area contributed by atoms with Gasteiger partial charge in [0.15, 0.2) is 5.65 Å². The van der Waals surface area contributed by atoms with Crippen LogP contribution in [-0.2, 0) is 16.6 Å². The van der Waals surface area contributed by atoms with Crippen molar-refractivity contribution in [1.29, 1.82) is 0 Å². The monoisotopic (exact) mass is 408 g/mol. The third-order valence-electron chi connectivity index (χ3n) is 5.58. The van der Waals surface area contributed by atoms with Crippen LogP contribution >= 0.6 is 0 Å². The highest BCUT2D eigenvalue weighted by atomic mass is 32.2. The molecule has 0 amide bonds. The van der Waals surface area contributed by atoms with Gasteiger partial charge in [0.05, 0.1) is 18.1 Å². The van der Waals surface area contributed by atoms with E-state index in [-0.39, 0.29) is 18.6 Å². The zero-order valence-electron chi connectivity index (χ0n) is 16.3. The van der Waals surface area contributed by atoms with E-state index in [1.165, 1.54) is 19.3 Å². The second-order valence-corrected chi connectivity index (χ2v) is 9.54. The van der Waals surface area contributed by atoms with Gasteiger partial charge in [-0.15, -0.1) is 0 Å². The van der Waals surface area contributed by atoms with Crippen LogP contribution in [-0.4, -0.2) is 65.1 Å². The van der Waals surface area contributed by atoms with Crippen LogP contribution in [0, 0.1) is 0 Å². The van der Waals surface area contributed by atoms with Gasteiger partial charge < -0.3 is 4.90 Å². The van der Waals surface area contributed by atoms with Crippen molar-refractivity contribution < 1.29 is 8.42 Å². The normalized spacial score (nSPS) is 26.2. The molecule has 3 N–H and O–H groups in total. The lowest BCUT2D eigenvalue weighted by atomic mass is 10.1. The lowest BCUT2D eigenvalue weighted by Gasteiger charge is -2.27. The van der Waals surface area contributed by atoms with Gasteiger partial charge in [0.1, 0.15) is 17.4 Å². The van der Waals surface area contributed by atoms with Gasteiger partial charge in [-0.3, -0.25) is 10.9 Å². The standard InChI is InChI=1S/C17H28N8O2S/c1-12-15(13(2)23-22-12)28(26,27)21-6-9-25-17-14(10-20-25)16(18-11-19-17)24-7-4-3-5-8-24/h10-13,15,21-23H,3-9H2,1-2H3. The van der Waals surface area contributed by atoms with E-state index < -0.39 is 15.3 Å². The number of sulfonamides is 1. The summed E-state index contributed by atoms with van der Waals surface area (Å²) in [5.41, 5.74) is 6.70. The minimum absolute atomic E-state index is 0.155. The second kappa shape index (κ2) is 7.90. The minimum Gasteiger partial charge on any atom is -0.356 e. The molecule has 0 saturated carbocycles. The fourth-order valence-corrected chi connectivity index (χ4v) is 5.97. The summed E-state index contributed by atoms with van der Waals surface area (Å²) < 4.78 is 29.8. The number of aromatic nitrogens is 4. The maximum absolute atomic E-state index is 12.7. The van der Waals surface area contributed by atoms with E-state index in [0.29, 0.717) is 6.54 Å². The van der Waals surface area contributed by atoms with E-state index >= 15 is 0 Å². The van der Waals surface area contributed by atoms with E-state index in [2.05, 4.69) is 35.5 Å². The van der Waals surface area contributed by atoms with E-state index in [1.54, 1.807) is 17.2 Å². The molecule has 0 aliphatic carbocycles. The number of hydrogen-bond donors (Lipinski definition) is 3. The van der Waals surface area contributed by atoms with Crippen molar-refractivity contribution in [3.8, 4) is 0 Å². The number of hydrazine groups is 1. The Morgan fingerprint density at radius 2 is 1.86 bits per heavy atom. The summed E-state index contributed by atoms with van der Waals surface area (Å²) >= 11 is 0. The Balaban J connectivity index is 1.45. The van der Waals surface area contributed by atoms with Crippen LogP contribution in [0.2, 0.25) is 0 Å². The van der Waals surface area contributed by atoms with E-state index in [9.17, 15) is 8.42 Å². The molecule has 2 aromatic heterocycles. The lowest BCUT2D eigenvalue weighted by Crippen LogP contribution is -2.45. The molecule has 0 radical (unpaired) electrons. The van der Waals surface area contributed by atoms with Gasteiger partial charge in [-0.05, 0) is 33.1 Å². The van der Waals surface area contributed by atoms with Gasteiger partial charge in [-0.1, -0.05) is 0 Å². The highest BCUT2D eigenvalue weighted by Gasteiger charge is 2.39. The second-order valence-electron chi connectivity index (χ2n) is 7.62.